The van der Waals surface area contributed by atoms with E-state index in [0.717, 1.165) is 26.1 Å². The van der Waals surface area contributed by atoms with E-state index in [9.17, 15) is 9.59 Å². The summed E-state index contributed by atoms with van der Waals surface area (Å²) in [4.78, 5) is 24.2. The maximum atomic E-state index is 12.3. The zero-order valence-corrected chi connectivity index (χ0v) is 13.6. The van der Waals surface area contributed by atoms with Crippen molar-refractivity contribution in [3.63, 3.8) is 0 Å². The lowest BCUT2D eigenvalue weighted by Gasteiger charge is -2.22. The van der Waals surface area contributed by atoms with E-state index in [1.807, 2.05) is 10.9 Å². The first-order valence-corrected chi connectivity index (χ1v) is 8.21. The van der Waals surface area contributed by atoms with Crippen molar-refractivity contribution in [3.8, 4) is 0 Å². The molecule has 0 saturated carbocycles. The molecule has 0 spiro atoms. The number of oxazole rings is 1. The van der Waals surface area contributed by atoms with Gasteiger partial charge in [-0.05, 0) is 25.0 Å². The molecule has 1 N–H and O–H groups in total. The molecule has 0 aliphatic carbocycles. The second kappa shape index (κ2) is 6.56. The van der Waals surface area contributed by atoms with Crippen LogP contribution in [0.15, 0.2) is 45.9 Å². The summed E-state index contributed by atoms with van der Waals surface area (Å²) in [5.74, 6) is -0.852. The standard InChI is InChI=1S/C17H18N4O4/c22-16(11-20-14-3-1-2-4-15(14)25-17(20)23)19-12-9-18-21(10-12)13-5-7-24-8-6-13/h1-4,9-10,13H,5-8,11H2,(H,19,22). The zero-order valence-electron chi connectivity index (χ0n) is 13.6. The van der Waals surface area contributed by atoms with Crippen molar-refractivity contribution in [1.29, 1.82) is 0 Å². The molecule has 4 rings (SSSR count). The molecule has 0 atom stereocenters. The Balaban J connectivity index is 1.46. The zero-order chi connectivity index (χ0) is 17.2. The van der Waals surface area contributed by atoms with E-state index < -0.39 is 5.76 Å². The maximum Gasteiger partial charge on any atom is 0.420 e. The molecule has 8 heteroatoms. The number of nitrogens with zero attached hydrogens (tertiary/aromatic N) is 3. The first kappa shape index (κ1) is 15.6. The molecule has 130 valence electrons. The third-order valence-corrected chi connectivity index (χ3v) is 4.33. The summed E-state index contributed by atoms with van der Waals surface area (Å²) in [5.41, 5.74) is 1.67. The number of amides is 1. The molecule has 0 radical (unpaired) electrons. The van der Waals surface area contributed by atoms with Gasteiger partial charge in [0.15, 0.2) is 5.58 Å². The van der Waals surface area contributed by atoms with Crippen LogP contribution in [-0.2, 0) is 16.1 Å². The SMILES string of the molecule is O=C(Cn1c(=O)oc2ccccc21)Nc1cnn(C2CCOCC2)c1. The summed E-state index contributed by atoms with van der Waals surface area (Å²) in [6.45, 7) is 1.34. The van der Waals surface area contributed by atoms with E-state index in [4.69, 9.17) is 9.15 Å². The Morgan fingerprint density at radius 2 is 2.08 bits per heavy atom. The van der Waals surface area contributed by atoms with Gasteiger partial charge >= 0.3 is 5.76 Å². The van der Waals surface area contributed by atoms with Crippen LogP contribution in [0, 0.1) is 0 Å². The number of rotatable bonds is 4. The predicted molar refractivity (Wildman–Crippen MR) is 90.4 cm³/mol. The lowest BCUT2D eigenvalue weighted by atomic mass is 10.1. The van der Waals surface area contributed by atoms with Crippen LogP contribution >= 0.6 is 0 Å². The van der Waals surface area contributed by atoms with Gasteiger partial charge in [0.25, 0.3) is 0 Å². The lowest BCUT2D eigenvalue weighted by Crippen LogP contribution is -2.24. The maximum absolute atomic E-state index is 12.3. The molecule has 0 unspecified atom stereocenters. The van der Waals surface area contributed by atoms with E-state index in [0.29, 0.717) is 22.8 Å². The van der Waals surface area contributed by atoms with Gasteiger partial charge in [-0.2, -0.15) is 5.10 Å². The van der Waals surface area contributed by atoms with Gasteiger partial charge in [0, 0.05) is 19.4 Å². The molecule has 8 nitrogen and oxygen atoms in total. The van der Waals surface area contributed by atoms with E-state index in [2.05, 4.69) is 10.4 Å². The van der Waals surface area contributed by atoms with E-state index in [-0.39, 0.29) is 12.5 Å². The van der Waals surface area contributed by atoms with Gasteiger partial charge in [-0.3, -0.25) is 14.0 Å². The number of hydrogen-bond acceptors (Lipinski definition) is 5. The molecule has 1 fully saturated rings. The van der Waals surface area contributed by atoms with Crippen LogP contribution < -0.4 is 11.1 Å². The van der Waals surface area contributed by atoms with Crippen molar-refractivity contribution in [1.82, 2.24) is 14.3 Å². The highest BCUT2D eigenvalue weighted by Crippen LogP contribution is 2.21. The van der Waals surface area contributed by atoms with Gasteiger partial charge in [-0.1, -0.05) is 12.1 Å². The van der Waals surface area contributed by atoms with Crippen LogP contribution in [0.2, 0.25) is 0 Å². The third-order valence-electron chi connectivity index (χ3n) is 4.33. The number of fused-ring (bicyclic) bond motifs is 1. The number of hydrogen-bond donors (Lipinski definition) is 1. The fourth-order valence-corrected chi connectivity index (χ4v) is 3.06. The van der Waals surface area contributed by atoms with E-state index in [1.165, 1.54) is 4.57 Å². The predicted octanol–water partition coefficient (Wildman–Crippen LogP) is 1.78. The molecule has 1 aliphatic heterocycles. The molecule has 1 saturated heterocycles. The van der Waals surface area contributed by atoms with Crippen LogP contribution in [0.5, 0.6) is 0 Å². The Labute approximate surface area is 143 Å². The van der Waals surface area contributed by atoms with Crippen molar-refractivity contribution in [2.45, 2.75) is 25.4 Å². The molecule has 1 amide bonds. The molecule has 1 aliphatic rings. The van der Waals surface area contributed by atoms with Crippen LogP contribution in [0.4, 0.5) is 5.69 Å². The highest BCUT2D eigenvalue weighted by Gasteiger charge is 2.17. The lowest BCUT2D eigenvalue weighted by molar-refractivity contribution is -0.116. The summed E-state index contributed by atoms with van der Waals surface area (Å²) in [6, 6.07) is 7.31. The summed E-state index contributed by atoms with van der Waals surface area (Å²) in [7, 11) is 0. The number of benzene rings is 1. The Bertz CT molecular complexity index is 949. The minimum absolute atomic E-state index is 0.113. The largest absolute Gasteiger partial charge is 0.420 e. The molecule has 0 bridgehead atoms. The first-order valence-electron chi connectivity index (χ1n) is 8.21. The smallest absolute Gasteiger partial charge is 0.408 e. The molecule has 2 aromatic heterocycles. The molecular formula is C17H18N4O4. The average Bonchev–Trinajstić information content (AvgIpc) is 3.21. The third kappa shape index (κ3) is 3.20. The summed E-state index contributed by atoms with van der Waals surface area (Å²) in [6.07, 6.45) is 5.24. The Hall–Kier alpha value is -2.87. The Kier molecular flexibility index (Phi) is 4.10. The number of aromatic nitrogens is 3. The number of carbonyl (C=O) groups excluding carboxylic acids is 1. The van der Waals surface area contributed by atoms with Crippen LogP contribution in [0.25, 0.3) is 11.1 Å². The monoisotopic (exact) mass is 342 g/mol. The van der Waals surface area contributed by atoms with Gasteiger partial charge in [0.2, 0.25) is 5.91 Å². The van der Waals surface area contributed by atoms with Gasteiger partial charge in [-0.15, -0.1) is 0 Å². The highest BCUT2D eigenvalue weighted by atomic mass is 16.5. The van der Waals surface area contributed by atoms with Crippen molar-refractivity contribution >= 4 is 22.7 Å². The Morgan fingerprint density at radius 1 is 1.28 bits per heavy atom. The average molecular weight is 342 g/mol. The second-order valence-electron chi connectivity index (χ2n) is 6.02. The van der Waals surface area contributed by atoms with Gasteiger partial charge in [-0.25, -0.2) is 4.79 Å². The fourth-order valence-electron chi connectivity index (χ4n) is 3.06. The summed E-state index contributed by atoms with van der Waals surface area (Å²) >= 11 is 0. The topological polar surface area (TPSA) is 91.3 Å². The fraction of sp³-hybridized carbons (Fsp3) is 0.353. The number of anilines is 1. The Morgan fingerprint density at radius 3 is 2.92 bits per heavy atom. The van der Waals surface area contributed by atoms with Crippen LogP contribution in [-0.4, -0.2) is 33.5 Å². The minimum Gasteiger partial charge on any atom is -0.408 e. The second-order valence-corrected chi connectivity index (χ2v) is 6.02. The van der Waals surface area contributed by atoms with Crippen LogP contribution in [0.3, 0.4) is 0 Å². The molecule has 1 aromatic carbocycles. The van der Waals surface area contributed by atoms with Gasteiger partial charge < -0.3 is 14.5 Å². The number of ether oxygens (including phenoxy) is 1. The van der Waals surface area contributed by atoms with Gasteiger partial charge in [0.1, 0.15) is 6.54 Å². The number of para-hydroxylation sites is 2. The first-order chi connectivity index (χ1) is 12.2. The summed E-state index contributed by atoms with van der Waals surface area (Å²) < 4.78 is 13.6. The quantitative estimate of drug-likeness (QED) is 0.780. The normalized spacial score (nSPS) is 15.5. The number of carbonyl (C=O) groups is 1. The van der Waals surface area contributed by atoms with Crippen LogP contribution in [0.1, 0.15) is 18.9 Å². The molecular weight excluding hydrogens is 324 g/mol. The van der Waals surface area contributed by atoms with Crippen molar-refractivity contribution in [2.24, 2.45) is 0 Å². The highest BCUT2D eigenvalue weighted by molar-refractivity contribution is 5.91. The molecule has 25 heavy (non-hydrogen) atoms. The molecule has 3 heterocycles. The number of nitrogens with one attached hydrogen (secondary N) is 1. The van der Waals surface area contributed by atoms with E-state index in [1.54, 1.807) is 30.5 Å². The van der Waals surface area contributed by atoms with Gasteiger partial charge in [0.05, 0.1) is 23.4 Å². The molecule has 3 aromatic rings. The van der Waals surface area contributed by atoms with Crippen molar-refractivity contribution in [2.75, 3.05) is 18.5 Å². The van der Waals surface area contributed by atoms with Crippen molar-refractivity contribution in [3.05, 3.63) is 47.2 Å². The van der Waals surface area contributed by atoms with Crippen molar-refractivity contribution < 1.29 is 13.9 Å². The summed E-state index contributed by atoms with van der Waals surface area (Å²) in [5, 5.41) is 7.09. The minimum atomic E-state index is -0.547. The van der Waals surface area contributed by atoms with E-state index >= 15 is 0 Å².